The fourth-order valence-electron chi connectivity index (χ4n) is 3.57. The molecule has 1 aliphatic heterocycles. The monoisotopic (exact) mass is 414 g/mol. The Bertz CT molecular complexity index is 1300. The minimum Gasteiger partial charge on any atom is -0.464 e. The largest absolute Gasteiger partial charge is 0.464 e. The lowest BCUT2D eigenvalue weighted by Crippen LogP contribution is -2.45. The van der Waals surface area contributed by atoms with Gasteiger partial charge in [0.15, 0.2) is 0 Å². The van der Waals surface area contributed by atoms with Gasteiger partial charge in [0.1, 0.15) is 0 Å². The van der Waals surface area contributed by atoms with Gasteiger partial charge in [-0.15, -0.1) is 0 Å². The first-order valence-electron chi connectivity index (χ1n) is 8.85. The van der Waals surface area contributed by atoms with Crippen LogP contribution in [0.15, 0.2) is 47.3 Å². The summed E-state index contributed by atoms with van der Waals surface area (Å²) in [6.45, 7) is 0.250. The van der Waals surface area contributed by atoms with Crippen molar-refractivity contribution in [3.05, 3.63) is 63.9 Å². The van der Waals surface area contributed by atoms with Crippen LogP contribution in [0.3, 0.4) is 0 Å². The second-order valence-corrected chi connectivity index (χ2v) is 8.47. The maximum Gasteiger partial charge on any atom is 0.419 e. The zero-order valence-electron chi connectivity index (χ0n) is 15.5. The number of carboxylic acid groups (broad SMARTS) is 1. The average molecular weight is 414 g/mol. The van der Waals surface area contributed by atoms with E-state index in [1.165, 1.54) is 4.68 Å². The molecule has 0 saturated carbocycles. The summed E-state index contributed by atoms with van der Waals surface area (Å²) in [7, 11) is -2.49. The molecule has 1 amide bonds. The first-order valence-corrected chi connectivity index (χ1v) is 10.3. The summed E-state index contributed by atoms with van der Waals surface area (Å²) in [5.41, 5.74) is 3.09. The van der Waals surface area contributed by atoms with E-state index < -0.39 is 16.3 Å². The Labute approximate surface area is 166 Å². The van der Waals surface area contributed by atoms with Crippen molar-refractivity contribution < 1.29 is 18.3 Å². The maximum atomic E-state index is 12.3. The number of aromatic nitrogens is 2. The summed E-state index contributed by atoms with van der Waals surface area (Å²) >= 11 is 0. The number of nitrogens with zero attached hydrogens (tertiary/aromatic N) is 3. The van der Waals surface area contributed by atoms with Crippen LogP contribution in [-0.4, -0.2) is 40.2 Å². The Morgan fingerprint density at radius 2 is 1.86 bits per heavy atom. The van der Waals surface area contributed by atoms with E-state index in [-0.39, 0.29) is 18.6 Å². The molecule has 9 nitrogen and oxygen atoms in total. The van der Waals surface area contributed by atoms with E-state index in [1.807, 2.05) is 30.3 Å². The highest BCUT2D eigenvalue weighted by molar-refractivity contribution is 7.87. The molecule has 0 fully saturated rings. The highest BCUT2D eigenvalue weighted by Crippen LogP contribution is 2.29. The predicted octanol–water partition coefficient (Wildman–Crippen LogP) is 1.47. The SMILES string of the molecule is Cn1nc(-c2ccc3c(c2)CCN(S(=O)(=O)NC(=O)O)C3)c2ccccc2c1=O. The van der Waals surface area contributed by atoms with Crippen LogP contribution in [0.25, 0.3) is 22.0 Å². The van der Waals surface area contributed by atoms with E-state index in [4.69, 9.17) is 5.11 Å². The van der Waals surface area contributed by atoms with E-state index in [2.05, 4.69) is 5.10 Å². The molecule has 0 spiro atoms. The van der Waals surface area contributed by atoms with E-state index in [9.17, 15) is 18.0 Å². The lowest BCUT2D eigenvalue weighted by molar-refractivity contribution is 0.200. The smallest absolute Gasteiger partial charge is 0.419 e. The van der Waals surface area contributed by atoms with E-state index in [1.54, 1.807) is 23.9 Å². The van der Waals surface area contributed by atoms with E-state index in [0.717, 1.165) is 26.4 Å². The summed E-state index contributed by atoms with van der Waals surface area (Å²) in [4.78, 5) is 23.1. The van der Waals surface area contributed by atoms with Crippen molar-refractivity contribution in [1.29, 1.82) is 0 Å². The quantitative estimate of drug-likeness (QED) is 0.669. The second kappa shape index (κ2) is 6.98. The summed E-state index contributed by atoms with van der Waals surface area (Å²) in [6, 6.07) is 12.9. The molecule has 0 unspecified atom stereocenters. The van der Waals surface area contributed by atoms with Crippen LogP contribution >= 0.6 is 0 Å². The van der Waals surface area contributed by atoms with Gasteiger partial charge >= 0.3 is 16.3 Å². The van der Waals surface area contributed by atoms with Gasteiger partial charge in [0.2, 0.25) is 0 Å². The van der Waals surface area contributed by atoms with Crippen LogP contribution in [-0.2, 0) is 30.2 Å². The van der Waals surface area contributed by atoms with E-state index in [0.29, 0.717) is 17.5 Å². The fourth-order valence-corrected chi connectivity index (χ4v) is 4.56. The molecule has 2 N–H and O–H groups in total. The summed E-state index contributed by atoms with van der Waals surface area (Å²) < 4.78 is 28.2. The number of amides is 1. The molecule has 150 valence electrons. The van der Waals surface area contributed by atoms with Crippen molar-refractivity contribution in [2.45, 2.75) is 13.0 Å². The molecule has 2 aromatic carbocycles. The molecule has 4 rings (SSSR count). The van der Waals surface area contributed by atoms with Crippen molar-refractivity contribution in [2.24, 2.45) is 7.05 Å². The van der Waals surface area contributed by atoms with Gasteiger partial charge in [-0.3, -0.25) is 4.79 Å². The van der Waals surface area contributed by atoms with Gasteiger partial charge in [0, 0.05) is 31.1 Å². The predicted molar refractivity (Wildman–Crippen MR) is 107 cm³/mol. The van der Waals surface area contributed by atoms with Crippen LogP contribution in [0, 0.1) is 0 Å². The number of hydrogen-bond donors (Lipinski definition) is 2. The van der Waals surface area contributed by atoms with Gasteiger partial charge in [-0.2, -0.15) is 17.8 Å². The van der Waals surface area contributed by atoms with Crippen LogP contribution in [0.1, 0.15) is 11.1 Å². The molecule has 0 radical (unpaired) electrons. The Kier molecular flexibility index (Phi) is 4.59. The third-order valence-corrected chi connectivity index (χ3v) is 6.39. The van der Waals surface area contributed by atoms with Gasteiger partial charge in [-0.05, 0) is 29.7 Å². The molecule has 0 aliphatic carbocycles. The fraction of sp³-hybridized carbons (Fsp3) is 0.211. The molecule has 10 heteroatoms. The van der Waals surface area contributed by atoms with Crippen LogP contribution in [0.4, 0.5) is 4.79 Å². The minimum absolute atomic E-state index is 0.0830. The Hall–Kier alpha value is -3.24. The first kappa shape index (κ1) is 19.1. The summed E-state index contributed by atoms with van der Waals surface area (Å²) in [6.07, 6.45) is -1.17. The summed E-state index contributed by atoms with van der Waals surface area (Å²) in [5, 5.41) is 14.5. The lowest BCUT2D eigenvalue weighted by Gasteiger charge is -2.27. The molecule has 2 heterocycles. The topological polar surface area (TPSA) is 122 Å². The third kappa shape index (κ3) is 3.47. The molecule has 3 aromatic rings. The molecule has 0 bridgehead atoms. The number of rotatable bonds is 3. The first-order chi connectivity index (χ1) is 13.8. The zero-order chi connectivity index (χ0) is 20.8. The van der Waals surface area contributed by atoms with Gasteiger partial charge in [-0.1, -0.05) is 30.3 Å². The van der Waals surface area contributed by atoms with E-state index >= 15 is 0 Å². The van der Waals surface area contributed by atoms with Gasteiger partial charge in [0.05, 0.1) is 11.1 Å². The number of hydrogen-bond acceptors (Lipinski definition) is 5. The van der Waals surface area contributed by atoms with Crippen molar-refractivity contribution in [3.63, 3.8) is 0 Å². The maximum absolute atomic E-state index is 12.3. The summed E-state index contributed by atoms with van der Waals surface area (Å²) in [5.74, 6) is 0. The Morgan fingerprint density at radius 1 is 1.14 bits per heavy atom. The average Bonchev–Trinajstić information content (AvgIpc) is 2.69. The van der Waals surface area contributed by atoms with Gasteiger partial charge < -0.3 is 5.11 Å². The second-order valence-electron chi connectivity index (χ2n) is 6.80. The van der Waals surface area contributed by atoms with Gasteiger partial charge in [-0.25, -0.2) is 14.2 Å². The molecular formula is C19H18N4O5S. The molecule has 1 aliphatic rings. The van der Waals surface area contributed by atoms with Crippen LogP contribution < -0.4 is 10.3 Å². The number of aryl methyl sites for hydroxylation is 1. The van der Waals surface area contributed by atoms with Crippen LogP contribution in [0.2, 0.25) is 0 Å². The number of benzene rings is 2. The van der Waals surface area contributed by atoms with Crippen LogP contribution in [0.5, 0.6) is 0 Å². The molecule has 0 saturated heterocycles. The highest BCUT2D eigenvalue weighted by atomic mass is 32.2. The van der Waals surface area contributed by atoms with Crippen molar-refractivity contribution >= 4 is 27.1 Å². The minimum atomic E-state index is -4.09. The van der Waals surface area contributed by atoms with Gasteiger partial charge in [0.25, 0.3) is 5.56 Å². The number of nitrogens with one attached hydrogen (secondary N) is 1. The third-order valence-electron chi connectivity index (χ3n) is 4.97. The Morgan fingerprint density at radius 3 is 2.59 bits per heavy atom. The van der Waals surface area contributed by atoms with Crippen molar-refractivity contribution in [2.75, 3.05) is 6.54 Å². The zero-order valence-corrected chi connectivity index (χ0v) is 16.3. The molecular weight excluding hydrogens is 396 g/mol. The number of carbonyl (C=O) groups is 1. The standard InChI is InChI=1S/C19H18N4O5S/c1-22-18(24)16-5-3-2-4-15(16)17(20-22)13-6-7-14-11-23(9-8-12(14)10-13)29(27,28)21-19(25)26/h2-7,10,21H,8-9,11H2,1H3,(H,25,26). The molecule has 1 aromatic heterocycles. The molecule has 29 heavy (non-hydrogen) atoms. The normalized spacial score (nSPS) is 14.5. The number of fused-ring (bicyclic) bond motifs is 2. The highest BCUT2D eigenvalue weighted by Gasteiger charge is 2.28. The Balaban J connectivity index is 1.73. The van der Waals surface area contributed by atoms with Crippen molar-refractivity contribution in [1.82, 2.24) is 18.8 Å². The lowest BCUT2D eigenvalue weighted by atomic mass is 9.96. The molecule has 0 atom stereocenters. The van der Waals surface area contributed by atoms with Crippen molar-refractivity contribution in [3.8, 4) is 11.3 Å².